The predicted octanol–water partition coefficient (Wildman–Crippen LogP) is 4.82. The van der Waals surface area contributed by atoms with Gasteiger partial charge in [-0.05, 0) is 48.5 Å². The van der Waals surface area contributed by atoms with Gasteiger partial charge in [-0.2, -0.15) is 4.98 Å². The Morgan fingerprint density at radius 1 is 1.00 bits per heavy atom. The maximum Gasteiger partial charge on any atom is 0.237 e. The summed E-state index contributed by atoms with van der Waals surface area (Å²) in [5.74, 6) is 2.21. The van der Waals surface area contributed by atoms with Crippen LogP contribution in [0.1, 0.15) is 5.89 Å². The van der Waals surface area contributed by atoms with Gasteiger partial charge in [0.1, 0.15) is 11.6 Å². The van der Waals surface area contributed by atoms with E-state index in [2.05, 4.69) is 25.3 Å². The number of thioether (sulfide) groups is 1. The van der Waals surface area contributed by atoms with Gasteiger partial charge < -0.3 is 9.26 Å². The Labute approximate surface area is 192 Å². The van der Waals surface area contributed by atoms with E-state index in [1.54, 1.807) is 31.6 Å². The van der Waals surface area contributed by atoms with E-state index in [0.717, 1.165) is 16.8 Å². The lowest BCUT2D eigenvalue weighted by Crippen LogP contribution is -2.00. The van der Waals surface area contributed by atoms with Gasteiger partial charge in [-0.25, -0.2) is 4.39 Å². The minimum absolute atomic E-state index is 0.318. The molecule has 0 aliphatic carbocycles. The molecular formula is C23H17FN6O2S. The van der Waals surface area contributed by atoms with Crippen molar-refractivity contribution in [2.45, 2.75) is 10.9 Å². The highest BCUT2D eigenvalue weighted by Gasteiger charge is 2.18. The molecule has 0 bridgehead atoms. The van der Waals surface area contributed by atoms with Crippen molar-refractivity contribution in [3.8, 4) is 34.2 Å². The summed E-state index contributed by atoms with van der Waals surface area (Å²) in [4.78, 5) is 8.55. The zero-order valence-electron chi connectivity index (χ0n) is 17.4. The number of pyridine rings is 1. The van der Waals surface area contributed by atoms with Crippen LogP contribution in [-0.2, 0) is 5.75 Å². The smallest absolute Gasteiger partial charge is 0.237 e. The molecule has 0 amide bonds. The fourth-order valence-electron chi connectivity index (χ4n) is 3.25. The third-order valence-corrected chi connectivity index (χ3v) is 5.71. The minimum Gasteiger partial charge on any atom is -0.496 e. The second-order valence-electron chi connectivity index (χ2n) is 6.85. The maximum absolute atomic E-state index is 13.5. The van der Waals surface area contributed by atoms with E-state index >= 15 is 0 Å². The molecule has 0 saturated carbocycles. The van der Waals surface area contributed by atoms with Crippen molar-refractivity contribution in [3.63, 3.8) is 0 Å². The lowest BCUT2D eigenvalue weighted by atomic mass is 10.2. The van der Waals surface area contributed by atoms with Gasteiger partial charge in [0.2, 0.25) is 11.7 Å². The van der Waals surface area contributed by atoms with Crippen LogP contribution in [0.5, 0.6) is 5.75 Å². The number of ether oxygens (including phenoxy) is 1. The molecule has 0 atom stereocenters. The number of hydrogen-bond donors (Lipinski definition) is 0. The largest absolute Gasteiger partial charge is 0.496 e. The Morgan fingerprint density at radius 3 is 2.58 bits per heavy atom. The monoisotopic (exact) mass is 460 g/mol. The van der Waals surface area contributed by atoms with Crippen molar-refractivity contribution in [1.29, 1.82) is 0 Å². The zero-order chi connectivity index (χ0) is 22.6. The lowest BCUT2D eigenvalue weighted by Gasteiger charge is -2.09. The van der Waals surface area contributed by atoms with Crippen LogP contribution in [0.3, 0.4) is 0 Å². The van der Waals surface area contributed by atoms with Gasteiger partial charge in [-0.1, -0.05) is 29.1 Å². The van der Waals surface area contributed by atoms with Crippen LogP contribution in [-0.4, -0.2) is 37.0 Å². The number of halogens is 1. The SMILES string of the molecule is COc1ccccc1-c1noc(CSc2nnc(-c3ccncc3)n2-c2ccc(F)cc2)n1. The average Bonchev–Trinajstić information content (AvgIpc) is 3.51. The van der Waals surface area contributed by atoms with Gasteiger partial charge in [0.15, 0.2) is 11.0 Å². The highest BCUT2D eigenvalue weighted by molar-refractivity contribution is 7.98. The molecule has 0 unspecified atom stereocenters. The summed E-state index contributed by atoms with van der Waals surface area (Å²) in [7, 11) is 1.60. The molecule has 3 aromatic heterocycles. The van der Waals surface area contributed by atoms with Crippen LogP contribution >= 0.6 is 11.8 Å². The van der Waals surface area contributed by atoms with Crippen LogP contribution in [0.2, 0.25) is 0 Å². The van der Waals surface area contributed by atoms with Crippen molar-refractivity contribution in [1.82, 2.24) is 29.9 Å². The van der Waals surface area contributed by atoms with E-state index in [0.29, 0.717) is 34.2 Å². The van der Waals surface area contributed by atoms with E-state index < -0.39 is 0 Å². The second kappa shape index (κ2) is 9.21. The fraction of sp³-hybridized carbons (Fsp3) is 0.0870. The summed E-state index contributed by atoms with van der Waals surface area (Å²) in [6.07, 6.45) is 3.37. The lowest BCUT2D eigenvalue weighted by molar-refractivity contribution is 0.390. The highest BCUT2D eigenvalue weighted by Crippen LogP contribution is 2.31. The van der Waals surface area contributed by atoms with E-state index in [4.69, 9.17) is 9.26 Å². The summed E-state index contributed by atoms with van der Waals surface area (Å²) >= 11 is 1.39. The van der Waals surface area contributed by atoms with Crippen LogP contribution in [0.15, 0.2) is 82.7 Å². The molecular weight excluding hydrogens is 443 g/mol. The first-order valence-electron chi connectivity index (χ1n) is 9.93. The molecule has 33 heavy (non-hydrogen) atoms. The molecule has 0 radical (unpaired) electrons. The summed E-state index contributed by atoms with van der Waals surface area (Å²) in [6.45, 7) is 0. The van der Waals surface area contributed by atoms with E-state index in [1.807, 2.05) is 41.0 Å². The van der Waals surface area contributed by atoms with E-state index in [-0.39, 0.29) is 5.82 Å². The molecule has 2 aromatic carbocycles. The van der Waals surface area contributed by atoms with Crippen LogP contribution in [0.4, 0.5) is 4.39 Å². The molecule has 5 aromatic rings. The normalized spacial score (nSPS) is 11.0. The van der Waals surface area contributed by atoms with Gasteiger partial charge in [0.25, 0.3) is 0 Å². The first-order valence-corrected chi connectivity index (χ1v) is 10.9. The fourth-order valence-corrected chi connectivity index (χ4v) is 4.04. The van der Waals surface area contributed by atoms with Gasteiger partial charge in [-0.15, -0.1) is 10.2 Å². The van der Waals surface area contributed by atoms with Crippen LogP contribution in [0, 0.1) is 5.82 Å². The number of rotatable bonds is 7. The minimum atomic E-state index is -0.318. The molecule has 164 valence electrons. The quantitative estimate of drug-likeness (QED) is 0.319. The average molecular weight is 460 g/mol. The first kappa shape index (κ1) is 20.8. The molecule has 8 nitrogen and oxygen atoms in total. The number of methoxy groups -OCH3 is 1. The highest BCUT2D eigenvalue weighted by atomic mass is 32.2. The Bertz CT molecular complexity index is 1370. The molecule has 0 N–H and O–H groups in total. The Balaban J connectivity index is 1.44. The molecule has 0 saturated heterocycles. The third-order valence-electron chi connectivity index (χ3n) is 4.80. The van der Waals surface area contributed by atoms with Crippen molar-refractivity contribution in [2.75, 3.05) is 7.11 Å². The molecule has 10 heteroatoms. The van der Waals surface area contributed by atoms with Crippen molar-refractivity contribution < 1.29 is 13.7 Å². The summed E-state index contributed by atoms with van der Waals surface area (Å²) in [5, 5.41) is 13.4. The number of para-hydroxylation sites is 1. The number of aromatic nitrogens is 6. The first-order chi connectivity index (χ1) is 16.2. The molecule has 0 aliphatic heterocycles. The molecule has 0 spiro atoms. The van der Waals surface area contributed by atoms with Crippen molar-refractivity contribution in [2.24, 2.45) is 0 Å². The van der Waals surface area contributed by atoms with E-state index in [1.165, 1.54) is 23.9 Å². The number of nitrogens with zero attached hydrogens (tertiary/aromatic N) is 6. The summed E-state index contributed by atoms with van der Waals surface area (Å²) in [5.41, 5.74) is 2.32. The summed E-state index contributed by atoms with van der Waals surface area (Å²) < 4.78 is 26.2. The molecule has 0 fully saturated rings. The molecule has 3 heterocycles. The van der Waals surface area contributed by atoms with E-state index in [9.17, 15) is 4.39 Å². The van der Waals surface area contributed by atoms with Gasteiger partial charge in [-0.3, -0.25) is 9.55 Å². The summed E-state index contributed by atoms with van der Waals surface area (Å²) in [6, 6.07) is 17.3. The van der Waals surface area contributed by atoms with Crippen LogP contribution in [0.25, 0.3) is 28.5 Å². The Hall–Kier alpha value is -4.05. The number of hydrogen-bond acceptors (Lipinski definition) is 8. The van der Waals surface area contributed by atoms with Crippen LogP contribution < -0.4 is 4.74 Å². The molecule has 0 aliphatic rings. The van der Waals surface area contributed by atoms with Gasteiger partial charge >= 0.3 is 0 Å². The van der Waals surface area contributed by atoms with Gasteiger partial charge in [0.05, 0.1) is 18.4 Å². The van der Waals surface area contributed by atoms with Gasteiger partial charge in [0, 0.05) is 23.6 Å². The zero-order valence-corrected chi connectivity index (χ0v) is 18.2. The Morgan fingerprint density at radius 2 is 1.79 bits per heavy atom. The Kier molecular flexibility index (Phi) is 5.81. The second-order valence-corrected chi connectivity index (χ2v) is 7.80. The molecule has 5 rings (SSSR count). The van der Waals surface area contributed by atoms with Crippen molar-refractivity contribution >= 4 is 11.8 Å². The standard InChI is InChI=1S/C23H17FN6O2S/c1-31-19-5-3-2-4-18(19)21-26-20(32-29-21)14-33-23-28-27-22(15-10-12-25-13-11-15)30(23)17-8-6-16(24)7-9-17/h2-13H,14H2,1H3. The predicted molar refractivity (Wildman–Crippen MR) is 120 cm³/mol. The topological polar surface area (TPSA) is 91.8 Å². The third kappa shape index (κ3) is 4.33. The maximum atomic E-state index is 13.5. The number of benzene rings is 2. The van der Waals surface area contributed by atoms with Crippen molar-refractivity contribution in [3.05, 3.63) is 84.8 Å².